The molecule has 0 aliphatic carbocycles. The molecule has 102 valence electrons. The van der Waals surface area contributed by atoms with E-state index in [4.69, 9.17) is 23.7 Å². The summed E-state index contributed by atoms with van der Waals surface area (Å²) < 4.78 is 25.6. The maximum Gasteiger partial charge on any atom is 0.203 e. The Balaban J connectivity index is 3.04. The maximum absolute atomic E-state index is 9.19. The van der Waals surface area contributed by atoms with Gasteiger partial charge in [0.25, 0.3) is 0 Å². The Morgan fingerprint density at radius 1 is 0.944 bits per heavy atom. The van der Waals surface area contributed by atoms with E-state index < -0.39 is 0 Å². The third-order valence-corrected chi connectivity index (χ3v) is 2.13. The molecule has 0 bridgehead atoms. The van der Waals surface area contributed by atoms with Crippen LogP contribution in [0.15, 0.2) is 12.1 Å². The zero-order valence-corrected chi connectivity index (χ0v) is 10.8. The van der Waals surface area contributed by atoms with Crippen LogP contribution in [-0.4, -0.2) is 40.0 Å². The summed E-state index contributed by atoms with van der Waals surface area (Å²) in [6.45, 7) is 0.0284. The molecule has 6 nitrogen and oxygen atoms in total. The predicted molar refractivity (Wildman–Crippen MR) is 63.9 cm³/mol. The molecule has 1 rings (SSSR count). The quantitative estimate of drug-likeness (QED) is 0.706. The lowest BCUT2D eigenvalue weighted by Gasteiger charge is -2.15. The van der Waals surface area contributed by atoms with E-state index in [0.29, 0.717) is 22.8 Å². The topological polar surface area (TPSA) is 66.4 Å². The van der Waals surface area contributed by atoms with Crippen LogP contribution in [0.25, 0.3) is 0 Å². The third-order valence-electron chi connectivity index (χ3n) is 2.13. The van der Waals surface area contributed by atoms with E-state index in [1.807, 2.05) is 0 Å². The van der Waals surface area contributed by atoms with Crippen molar-refractivity contribution < 1.29 is 28.8 Å². The fourth-order valence-electron chi connectivity index (χ4n) is 1.38. The van der Waals surface area contributed by atoms with Gasteiger partial charge in [0.15, 0.2) is 25.1 Å². The smallest absolute Gasteiger partial charge is 0.203 e. The highest BCUT2D eigenvalue weighted by molar-refractivity contribution is 5.53. The molecule has 0 radical (unpaired) electrons. The van der Waals surface area contributed by atoms with Gasteiger partial charge in [0.2, 0.25) is 5.75 Å². The lowest BCUT2D eigenvalue weighted by molar-refractivity contribution is 0.0419. The molecule has 0 aromatic heterocycles. The monoisotopic (exact) mass is 258 g/mol. The Bertz CT molecular complexity index is 337. The summed E-state index contributed by atoms with van der Waals surface area (Å²) in [6, 6.07) is 3.33. The fourth-order valence-corrected chi connectivity index (χ4v) is 1.38. The molecule has 1 N–H and O–H groups in total. The largest absolute Gasteiger partial charge is 0.490 e. The molecule has 1 aromatic carbocycles. The van der Waals surface area contributed by atoms with Crippen LogP contribution in [0.4, 0.5) is 0 Å². The van der Waals surface area contributed by atoms with Crippen LogP contribution in [0.3, 0.4) is 0 Å². The van der Waals surface area contributed by atoms with Gasteiger partial charge in [-0.2, -0.15) is 0 Å². The van der Waals surface area contributed by atoms with E-state index in [9.17, 15) is 5.11 Å². The van der Waals surface area contributed by atoms with Crippen molar-refractivity contribution in [2.24, 2.45) is 0 Å². The lowest BCUT2D eigenvalue weighted by Crippen LogP contribution is -2.05. The van der Waals surface area contributed by atoms with Crippen LogP contribution >= 0.6 is 0 Å². The number of benzene rings is 1. The van der Waals surface area contributed by atoms with Crippen LogP contribution in [-0.2, 0) is 16.1 Å². The molecule has 0 atom stereocenters. The van der Waals surface area contributed by atoms with E-state index in [-0.39, 0.29) is 20.2 Å². The standard InChI is InChI=1S/C12H18O6/c1-14-7-17-10-4-9(6-13)5-11(12(10)16-3)18-8-15-2/h4-5,13H,6-8H2,1-3H3. The number of hydrogen-bond acceptors (Lipinski definition) is 6. The van der Waals surface area contributed by atoms with Gasteiger partial charge in [-0.3, -0.25) is 0 Å². The average molecular weight is 258 g/mol. The van der Waals surface area contributed by atoms with Gasteiger partial charge in [0.05, 0.1) is 13.7 Å². The number of rotatable bonds is 8. The Morgan fingerprint density at radius 2 is 1.44 bits per heavy atom. The Morgan fingerprint density at radius 3 is 1.78 bits per heavy atom. The predicted octanol–water partition coefficient (Wildman–Crippen LogP) is 1.15. The molecular formula is C12H18O6. The average Bonchev–Trinajstić information content (AvgIpc) is 2.41. The first kappa shape index (κ1) is 14.6. The second-order valence-electron chi connectivity index (χ2n) is 3.39. The highest BCUT2D eigenvalue weighted by Gasteiger charge is 2.14. The van der Waals surface area contributed by atoms with E-state index in [2.05, 4.69) is 0 Å². The van der Waals surface area contributed by atoms with Gasteiger partial charge >= 0.3 is 0 Å². The Hall–Kier alpha value is -1.50. The summed E-state index contributed by atoms with van der Waals surface area (Å²) in [5.74, 6) is 1.32. The van der Waals surface area contributed by atoms with Gasteiger partial charge in [0.1, 0.15) is 0 Å². The zero-order valence-electron chi connectivity index (χ0n) is 10.8. The van der Waals surface area contributed by atoms with Crippen LogP contribution in [0.5, 0.6) is 17.2 Å². The number of aliphatic hydroxyl groups excluding tert-OH is 1. The molecule has 0 saturated carbocycles. The minimum atomic E-state index is -0.128. The molecule has 0 fully saturated rings. The van der Waals surface area contributed by atoms with Crippen LogP contribution in [0.2, 0.25) is 0 Å². The second-order valence-corrected chi connectivity index (χ2v) is 3.39. The van der Waals surface area contributed by atoms with Crippen LogP contribution in [0, 0.1) is 0 Å². The van der Waals surface area contributed by atoms with Crippen molar-refractivity contribution in [1.29, 1.82) is 0 Å². The van der Waals surface area contributed by atoms with Gasteiger partial charge in [-0.25, -0.2) is 0 Å². The molecular weight excluding hydrogens is 240 g/mol. The molecule has 0 amide bonds. The van der Waals surface area contributed by atoms with E-state index in [0.717, 1.165) is 0 Å². The molecule has 0 unspecified atom stereocenters. The van der Waals surface area contributed by atoms with Crippen molar-refractivity contribution >= 4 is 0 Å². The molecule has 0 heterocycles. The van der Waals surface area contributed by atoms with Crippen molar-refractivity contribution in [3.05, 3.63) is 17.7 Å². The first-order chi connectivity index (χ1) is 8.76. The minimum absolute atomic E-state index is 0.0783. The van der Waals surface area contributed by atoms with E-state index in [1.54, 1.807) is 12.1 Å². The normalized spacial score (nSPS) is 10.2. The number of aliphatic hydroxyl groups is 1. The van der Waals surface area contributed by atoms with Crippen molar-refractivity contribution in [2.45, 2.75) is 6.61 Å². The summed E-state index contributed by atoms with van der Waals surface area (Å²) in [5, 5.41) is 9.19. The second kappa shape index (κ2) is 7.75. The van der Waals surface area contributed by atoms with E-state index >= 15 is 0 Å². The summed E-state index contributed by atoms with van der Waals surface area (Å²) >= 11 is 0. The summed E-state index contributed by atoms with van der Waals surface area (Å²) in [5.41, 5.74) is 0.646. The molecule has 6 heteroatoms. The molecule has 0 saturated heterocycles. The van der Waals surface area contributed by atoms with Gasteiger partial charge < -0.3 is 28.8 Å². The van der Waals surface area contributed by atoms with E-state index in [1.165, 1.54) is 21.3 Å². The number of hydrogen-bond donors (Lipinski definition) is 1. The third kappa shape index (κ3) is 3.76. The molecule has 1 aromatic rings. The highest BCUT2D eigenvalue weighted by atomic mass is 16.7. The van der Waals surface area contributed by atoms with Crippen molar-refractivity contribution in [1.82, 2.24) is 0 Å². The summed E-state index contributed by atoms with van der Waals surface area (Å²) in [6.07, 6.45) is 0. The first-order valence-electron chi connectivity index (χ1n) is 5.32. The first-order valence-corrected chi connectivity index (χ1v) is 5.32. The van der Waals surface area contributed by atoms with Crippen molar-refractivity contribution in [3.63, 3.8) is 0 Å². The summed E-state index contributed by atoms with van der Waals surface area (Å²) in [4.78, 5) is 0. The number of methoxy groups -OCH3 is 3. The summed E-state index contributed by atoms with van der Waals surface area (Å²) in [7, 11) is 4.54. The van der Waals surface area contributed by atoms with Crippen molar-refractivity contribution in [2.75, 3.05) is 34.9 Å². The zero-order chi connectivity index (χ0) is 13.4. The van der Waals surface area contributed by atoms with Gasteiger partial charge in [-0.05, 0) is 17.7 Å². The van der Waals surface area contributed by atoms with Crippen molar-refractivity contribution in [3.8, 4) is 17.2 Å². The fraction of sp³-hybridized carbons (Fsp3) is 0.500. The van der Waals surface area contributed by atoms with Crippen LogP contribution < -0.4 is 14.2 Å². The van der Waals surface area contributed by atoms with Gasteiger partial charge in [-0.15, -0.1) is 0 Å². The van der Waals surface area contributed by atoms with Gasteiger partial charge in [0, 0.05) is 14.2 Å². The lowest BCUT2D eigenvalue weighted by atomic mass is 10.2. The molecule has 0 aliphatic rings. The Kier molecular flexibility index (Phi) is 6.27. The highest BCUT2D eigenvalue weighted by Crippen LogP contribution is 2.38. The molecule has 0 spiro atoms. The van der Waals surface area contributed by atoms with Gasteiger partial charge in [-0.1, -0.05) is 0 Å². The van der Waals surface area contributed by atoms with Crippen LogP contribution in [0.1, 0.15) is 5.56 Å². The Labute approximate surface area is 106 Å². The molecule has 0 aliphatic heterocycles. The molecule has 18 heavy (non-hydrogen) atoms. The SMILES string of the molecule is COCOc1cc(CO)cc(OCOC)c1OC. The number of ether oxygens (including phenoxy) is 5. The maximum atomic E-state index is 9.19. The minimum Gasteiger partial charge on any atom is -0.490 e.